The average molecular weight is 362 g/mol. The van der Waals surface area contributed by atoms with Crippen molar-refractivity contribution < 1.29 is 13.5 Å². The number of aliphatic hydroxyl groups is 1. The molecule has 2 heterocycles. The lowest BCUT2D eigenvalue weighted by molar-refractivity contribution is 0.350. The second-order valence-electron chi connectivity index (χ2n) is 4.08. The largest absolute Gasteiger partial charge is 0.384 e. The first-order valence-corrected chi connectivity index (χ1v) is 9.33. The van der Waals surface area contributed by atoms with Crippen LogP contribution in [0.4, 0.5) is 0 Å². The van der Waals surface area contributed by atoms with Crippen LogP contribution >= 0.6 is 34.3 Å². The minimum Gasteiger partial charge on any atom is -0.384 e. The summed E-state index contributed by atoms with van der Waals surface area (Å²) in [5.74, 6) is 5.35. The van der Waals surface area contributed by atoms with E-state index in [1.807, 2.05) is 11.4 Å². The highest BCUT2D eigenvalue weighted by Crippen LogP contribution is 2.28. The highest BCUT2D eigenvalue weighted by atomic mass is 35.5. The predicted octanol–water partition coefficient (Wildman–Crippen LogP) is 2.63. The van der Waals surface area contributed by atoms with E-state index < -0.39 is 10.0 Å². The van der Waals surface area contributed by atoms with Gasteiger partial charge in [-0.15, -0.1) is 22.7 Å². The van der Waals surface area contributed by atoms with Crippen LogP contribution in [0.3, 0.4) is 0 Å². The third-order valence-corrected chi connectivity index (χ3v) is 6.98. The normalized spacial score (nSPS) is 11.4. The van der Waals surface area contributed by atoms with E-state index in [2.05, 4.69) is 11.8 Å². The molecule has 0 spiro atoms. The van der Waals surface area contributed by atoms with Crippen LogP contribution in [-0.4, -0.2) is 31.5 Å². The summed E-state index contributed by atoms with van der Waals surface area (Å²) in [5.41, 5.74) is 0.772. The van der Waals surface area contributed by atoms with Crippen LogP contribution in [0.1, 0.15) is 10.4 Å². The van der Waals surface area contributed by atoms with Crippen LogP contribution in [0.25, 0.3) is 0 Å². The molecule has 0 atom stereocenters. The Hall–Kier alpha value is -0.880. The third-order valence-electron chi connectivity index (χ3n) is 2.56. The maximum atomic E-state index is 12.3. The SMILES string of the molecule is CN(Cc1cc(C#CCO)cs1)S(=O)(=O)c1ccc(Cl)s1. The van der Waals surface area contributed by atoms with Crippen molar-refractivity contribution in [2.24, 2.45) is 0 Å². The molecular weight excluding hydrogens is 350 g/mol. The Balaban J connectivity index is 2.14. The molecule has 2 aromatic heterocycles. The van der Waals surface area contributed by atoms with Gasteiger partial charge < -0.3 is 5.11 Å². The number of hydrogen-bond acceptors (Lipinski definition) is 5. The lowest BCUT2D eigenvalue weighted by Crippen LogP contribution is -2.25. The summed E-state index contributed by atoms with van der Waals surface area (Å²) >= 11 is 8.26. The Morgan fingerprint density at radius 1 is 1.43 bits per heavy atom. The minimum atomic E-state index is -3.53. The Morgan fingerprint density at radius 3 is 2.81 bits per heavy atom. The quantitative estimate of drug-likeness (QED) is 0.852. The maximum Gasteiger partial charge on any atom is 0.252 e. The van der Waals surface area contributed by atoms with Crippen molar-refractivity contribution >= 4 is 44.3 Å². The van der Waals surface area contributed by atoms with Crippen LogP contribution in [-0.2, 0) is 16.6 Å². The van der Waals surface area contributed by atoms with Crippen LogP contribution in [0.5, 0.6) is 0 Å². The number of rotatable bonds is 4. The van der Waals surface area contributed by atoms with E-state index in [0.29, 0.717) is 4.34 Å². The Labute approximate surface area is 136 Å². The number of halogens is 1. The summed E-state index contributed by atoms with van der Waals surface area (Å²) in [4.78, 5) is 0.881. The molecule has 0 saturated carbocycles. The van der Waals surface area contributed by atoms with Crippen molar-refractivity contribution in [1.82, 2.24) is 4.31 Å². The molecule has 0 radical (unpaired) electrons. The molecule has 0 saturated heterocycles. The Morgan fingerprint density at radius 2 is 2.19 bits per heavy atom. The molecule has 1 N–H and O–H groups in total. The number of sulfonamides is 1. The van der Waals surface area contributed by atoms with Crippen molar-refractivity contribution in [2.75, 3.05) is 13.7 Å². The molecule has 0 bridgehead atoms. The van der Waals surface area contributed by atoms with Crippen LogP contribution < -0.4 is 0 Å². The zero-order valence-electron chi connectivity index (χ0n) is 11.0. The fraction of sp³-hybridized carbons (Fsp3) is 0.231. The number of aliphatic hydroxyl groups excluding tert-OH is 1. The van der Waals surface area contributed by atoms with Gasteiger partial charge in [0.1, 0.15) is 10.8 Å². The number of thiophene rings is 2. The van der Waals surface area contributed by atoms with Gasteiger partial charge in [-0.1, -0.05) is 23.4 Å². The fourth-order valence-corrected chi connectivity index (χ4v) is 5.36. The van der Waals surface area contributed by atoms with Crippen molar-refractivity contribution in [2.45, 2.75) is 10.8 Å². The zero-order chi connectivity index (χ0) is 15.5. The second-order valence-corrected chi connectivity index (χ2v) is 9.06. The molecule has 0 aliphatic carbocycles. The molecule has 8 heteroatoms. The minimum absolute atomic E-state index is 0.196. The molecule has 0 fully saturated rings. The first-order chi connectivity index (χ1) is 9.93. The average Bonchev–Trinajstić information content (AvgIpc) is 3.05. The van der Waals surface area contributed by atoms with Gasteiger partial charge >= 0.3 is 0 Å². The van der Waals surface area contributed by atoms with Crippen molar-refractivity contribution in [3.8, 4) is 11.8 Å². The molecule has 112 valence electrons. The van der Waals surface area contributed by atoms with E-state index in [0.717, 1.165) is 21.8 Å². The smallest absolute Gasteiger partial charge is 0.252 e. The van der Waals surface area contributed by atoms with Gasteiger partial charge in [0.15, 0.2) is 0 Å². The molecular formula is C13H12ClNO3S3. The van der Waals surface area contributed by atoms with E-state index in [9.17, 15) is 8.42 Å². The lowest BCUT2D eigenvalue weighted by atomic mass is 10.3. The molecule has 21 heavy (non-hydrogen) atoms. The number of hydrogen-bond donors (Lipinski definition) is 1. The van der Waals surface area contributed by atoms with E-state index in [1.165, 1.54) is 28.8 Å². The Kier molecular flexibility index (Phi) is 5.43. The molecule has 0 aliphatic heterocycles. The summed E-state index contributed by atoms with van der Waals surface area (Å²) in [6, 6.07) is 4.90. The zero-order valence-corrected chi connectivity index (χ0v) is 14.2. The highest BCUT2D eigenvalue weighted by Gasteiger charge is 2.23. The van der Waals surface area contributed by atoms with E-state index in [1.54, 1.807) is 6.07 Å². The standard InChI is InChI=1S/C13H12ClNO3S3/c1-15(21(17,18)13-5-4-12(14)20-13)8-11-7-10(9-19-11)3-2-6-16/h4-5,7,9,16H,6,8H2,1H3. The van der Waals surface area contributed by atoms with Gasteiger partial charge in [-0.05, 0) is 18.2 Å². The van der Waals surface area contributed by atoms with Gasteiger partial charge in [-0.3, -0.25) is 0 Å². The van der Waals surface area contributed by atoms with Crippen molar-refractivity contribution in [1.29, 1.82) is 0 Å². The molecule has 0 amide bonds. The molecule has 2 aromatic rings. The summed E-state index contributed by atoms with van der Waals surface area (Å²) in [6.45, 7) is 0.0714. The van der Waals surface area contributed by atoms with Gasteiger partial charge in [-0.2, -0.15) is 4.31 Å². The van der Waals surface area contributed by atoms with Gasteiger partial charge in [0.05, 0.1) is 4.34 Å². The van der Waals surface area contributed by atoms with Crippen molar-refractivity contribution in [3.63, 3.8) is 0 Å². The molecule has 0 unspecified atom stereocenters. The molecule has 0 aliphatic rings. The summed E-state index contributed by atoms with van der Waals surface area (Å²) in [5, 5.41) is 10.5. The fourth-order valence-electron chi connectivity index (χ4n) is 1.57. The summed E-state index contributed by atoms with van der Waals surface area (Å²) in [6.07, 6.45) is 0. The van der Waals surface area contributed by atoms with Gasteiger partial charge in [0.25, 0.3) is 10.0 Å². The predicted molar refractivity (Wildman–Crippen MR) is 86.3 cm³/mol. The van der Waals surface area contributed by atoms with Gasteiger partial charge in [0.2, 0.25) is 0 Å². The second kappa shape index (κ2) is 6.92. The third kappa shape index (κ3) is 4.07. The number of nitrogens with zero attached hydrogens (tertiary/aromatic N) is 1. The van der Waals surface area contributed by atoms with Crippen LogP contribution in [0.2, 0.25) is 4.34 Å². The first kappa shape index (κ1) is 16.5. The highest BCUT2D eigenvalue weighted by molar-refractivity contribution is 7.91. The van der Waals surface area contributed by atoms with Gasteiger partial charge in [-0.25, -0.2) is 8.42 Å². The topological polar surface area (TPSA) is 57.6 Å². The van der Waals surface area contributed by atoms with Crippen LogP contribution in [0.15, 0.2) is 27.8 Å². The van der Waals surface area contributed by atoms with Gasteiger partial charge in [0, 0.05) is 29.4 Å². The Bertz CT molecular complexity index is 783. The van der Waals surface area contributed by atoms with Crippen molar-refractivity contribution in [3.05, 3.63) is 38.4 Å². The van der Waals surface area contributed by atoms with E-state index in [-0.39, 0.29) is 17.4 Å². The monoisotopic (exact) mass is 361 g/mol. The van der Waals surface area contributed by atoms with E-state index in [4.69, 9.17) is 16.7 Å². The maximum absolute atomic E-state index is 12.3. The first-order valence-electron chi connectivity index (χ1n) is 5.82. The lowest BCUT2D eigenvalue weighted by Gasteiger charge is -2.14. The summed E-state index contributed by atoms with van der Waals surface area (Å²) in [7, 11) is -2.00. The summed E-state index contributed by atoms with van der Waals surface area (Å²) < 4.78 is 26.7. The molecule has 2 rings (SSSR count). The van der Waals surface area contributed by atoms with Crippen LogP contribution in [0, 0.1) is 11.8 Å². The van der Waals surface area contributed by atoms with E-state index >= 15 is 0 Å². The molecule has 0 aromatic carbocycles. The molecule has 4 nitrogen and oxygen atoms in total.